The monoisotopic (exact) mass is 368 g/mol. The van der Waals surface area contributed by atoms with E-state index in [9.17, 15) is 4.79 Å². The zero-order valence-corrected chi connectivity index (χ0v) is 15.3. The minimum atomic E-state index is 0.132. The fourth-order valence-corrected chi connectivity index (χ4v) is 3.55. The SMILES string of the molecule is Cn1cnnc1SCC(=O)N(Cc1cnn(-c2ccccc2)c1)C1CC1. The lowest BCUT2D eigenvalue weighted by atomic mass is 10.3. The van der Waals surface area contributed by atoms with Crippen LogP contribution in [-0.4, -0.2) is 47.1 Å². The minimum Gasteiger partial charge on any atom is -0.335 e. The van der Waals surface area contributed by atoms with Crippen LogP contribution in [0.5, 0.6) is 0 Å². The van der Waals surface area contributed by atoms with Crippen LogP contribution in [0.1, 0.15) is 18.4 Å². The molecule has 0 spiro atoms. The first-order valence-electron chi connectivity index (χ1n) is 8.56. The lowest BCUT2D eigenvalue weighted by Crippen LogP contribution is -2.33. The number of aryl methyl sites for hydroxylation is 1. The molecule has 1 amide bonds. The van der Waals surface area contributed by atoms with Crippen molar-refractivity contribution in [3.05, 3.63) is 54.6 Å². The molecule has 0 unspecified atom stereocenters. The van der Waals surface area contributed by atoms with E-state index in [-0.39, 0.29) is 5.91 Å². The van der Waals surface area contributed by atoms with E-state index in [4.69, 9.17) is 0 Å². The van der Waals surface area contributed by atoms with Crippen LogP contribution < -0.4 is 0 Å². The predicted molar refractivity (Wildman–Crippen MR) is 98.9 cm³/mol. The molecule has 0 saturated heterocycles. The molecular formula is C18H20N6OS. The average molecular weight is 368 g/mol. The summed E-state index contributed by atoms with van der Waals surface area (Å²) in [6, 6.07) is 10.3. The number of carbonyl (C=O) groups is 1. The predicted octanol–water partition coefficient (Wildman–Crippen LogP) is 2.28. The fourth-order valence-electron chi connectivity index (χ4n) is 2.78. The molecule has 4 rings (SSSR count). The van der Waals surface area contributed by atoms with Crippen LogP contribution in [-0.2, 0) is 18.4 Å². The molecule has 2 heterocycles. The largest absolute Gasteiger partial charge is 0.335 e. The molecular weight excluding hydrogens is 348 g/mol. The molecule has 0 radical (unpaired) electrons. The summed E-state index contributed by atoms with van der Waals surface area (Å²) in [6.07, 6.45) is 7.63. The van der Waals surface area contributed by atoms with E-state index in [1.54, 1.807) is 6.33 Å². The maximum atomic E-state index is 12.7. The Hall–Kier alpha value is -2.61. The Labute approximate surface area is 156 Å². The van der Waals surface area contributed by atoms with Crippen LogP contribution in [0.2, 0.25) is 0 Å². The number of hydrogen-bond acceptors (Lipinski definition) is 5. The first kappa shape index (κ1) is 16.8. The van der Waals surface area contributed by atoms with Crippen molar-refractivity contribution in [2.45, 2.75) is 30.6 Å². The van der Waals surface area contributed by atoms with E-state index >= 15 is 0 Å². The van der Waals surface area contributed by atoms with E-state index in [1.807, 2.05) is 63.9 Å². The highest BCUT2D eigenvalue weighted by molar-refractivity contribution is 7.99. The molecule has 2 aromatic heterocycles. The van der Waals surface area contributed by atoms with Crippen LogP contribution in [0.15, 0.2) is 54.2 Å². The molecule has 1 saturated carbocycles. The second-order valence-corrected chi connectivity index (χ2v) is 7.34. The molecule has 0 aliphatic heterocycles. The fraction of sp³-hybridized carbons (Fsp3) is 0.333. The maximum absolute atomic E-state index is 12.7. The third-order valence-corrected chi connectivity index (χ3v) is 5.33. The standard InChI is InChI=1S/C18H20N6OS/c1-22-13-19-21-18(22)26-12-17(25)23(15-7-8-15)10-14-9-20-24(11-14)16-5-3-2-4-6-16/h2-6,9,11,13,15H,7-8,10,12H2,1H3. The highest BCUT2D eigenvalue weighted by atomic mass is 32.2. The number of hydrogen-bond donors (Lipinski definition) is 0. The van der Waals surface area contributed by atoms with Gasteiger partial charge >= 0.3 is 0 Å². The van der Waals surface area contributed by atoms with Crippen molar-refractivity contribution < 1.29 is 4.79 Å². The molecule has 0 atom stereocenters. The number of amides is 1. The summed E-state index contributed by atoms with van der Waals surface area (Å²) in [4.78, 5) is 14.7. The van der Waals surface area contributed by atoms with Crippen molar-refractivity contribution in [3.8, 4) is 5.69 Å². The molecule has 26 heavy (non-hydrogen) atoms. The summed E-state index contributed by atoms with van der Waals surface area (Å²) < 4.78 is 3.67. The van der Waals surface area contributed by atoms with Gasteiger partial charge in [0, 0.05) is 31.4 Å². The lowest BCUT2D eigenvalue weighted by Gasteiger charge is -2.21. The number of rotatable bonds is 7. The quantitative estimate of drug-likeness (QED) is 0.599. The Balaban J connectivity index is 1.42. The third kappa shape index (κ3) is 3.80. The lowest BCUT2D eigenvalue weighted by molar-refractivity contribution is -0.129. The van der Waals surface area contributed by atoms with Gasteiger partial charge < -0.3 is 9.47 Å². The second-order valence-electron chi connectivity index (χ2n) is 6.39. The number of nitrogens with zero attached hydrogens (tertiary/aromatic N) is 6. The van der Waals surface area contributed by atoms with Gasteiger partial charge in [-0.2, -0.15) is 5.10 Å². The van der Waals surface area contributed by atoms with Crippen molar-refractivity contribution in [2.75, 3.05) is 5.75 Å². The molecule has 1 aliphatic carbocycles. The Bertz CT molecular complexity index is 886. The summed E-state index contributed by atoms with van der Waals surface area (Å²) >= 11 is 1.43. The number of aromatic nitrogens is 5. The smallest absolute Gasteiger partial charge is 0.233 e. The van der Waals surface area contributed by atoms with Crippen LogP contribution in [0.4, 0.5) is 0 Å². The molecule has 0 bridgehead atoms. The Morgan fingerprint density at radius 2 is 2.12 bits per heavy atom. The van der Waals surface area contributed by atoms with Gasteiger partial charge in [-0.05, 0) is 25.0 Å². The Kier molecular flexibility index (Phi) is 4.75. The Morgan fingerprint density at radius 1 is 1.31 bits per heavy atom. The van der Waals surface area contributed by atoms with Crippen molar-refractivity contribution in [2.24, 2.45) is 7.05 Å². The zero-order valence-electron chi connectivity index (χ0n) is 14.5. The van der Waals surface area contributed by atoms with Gasteiger partial charge in [0.2, 0.25) is 5.91 Å². The number of thioether (sulfide) groups is 1. The van der Waals surface area contributed by atoms with Gasteiger partial charge in [0.25, 0.3) is 0 Å². The van der Waals surface area contributed by atoms with E-state index in [1.165, 1.54) is 11.8 Å². The van der Waals surface area contributed by atoms with E-state index in [0.717, 1.165) is 29.2 Å². The van der Waals surface area contributed by atoms with Gasteiger partial charge in [0.15, 0.2) is 5.16 Å². The average Bonchev–Trinajstić information content (AvgIpc) is 3.25. The summed E-state index contributed by atoms with van der Waals surface area (Å²) in [5.74, 6) is 0.503. The van der Waals surface area contributed by atoms with Gasteiger partial charge in [-0.25, -0.2) is 4.68 Å². The van der Waals surface area contributed by atoms with Crippen molar-refractivity contribution in [1.29, 1.82) is 0 Å². The number of benzene rings is 1. The molecule has 0 N–H and O–H groups in total. The molecule has 8 heteroatoms. The highest BCUT2D eigenvalue weighted by Gasteiger charge is 2.32. The normalized spacial score (nSPS) is 13.7. The van der Waals surface area contributed by atoms with Gasteiger partial charge in [0.05, 0.1) is 17.6 Å². The Morgan fingerprint density at radius 3 is 2.81 bits per heavy atom. The number of carbonyl (C=O) groups excluding carboxylic acids is 1. The van der Waals surface area contributed by atoms with E-state index in [0.29, 0.717) is 18.3 Å². The van der Waals surface area contributed by atoms with Crippen LogP contribution in [0.25, 0.3) is 5.69 Å². The first-order valence-corrected chi connectivity index (χ1v) is 9.54. The molecule has 1 aliphatic rings. The summed E-state index contributed by atoms with van der Waals surface area (Å²) in [7, 11) is 1.88. The van der Waals surface area contributed by atoms with Crippen molar-refractivity contribution in [1.82, 2.24) is 29.4 Å². The van der Waals surface area contributed by atoms with Crippen molar-refractivity contribution >= 4 is 17.7 Å². The molecule has 7 nitrogen and oxygen atoms in total. The summed E-state index contributed by atoms with van der Waals surface area (Å²) in [5.41, 5.74) is 2.05. The molecule has 1 fully saturated rings. The summed E-state index contributed by atoms with van der Waals surface area (Å²) in [5, 5.41) is 13.1. The molecule has 134 valence electrons. The number of para-hydroxylation sites is 1. The van der Waals surface area contributed by atoms with Gasteiger partial charge in [-0.1, -0.05) is 30.0 Å². The van der Waals surface area contributed by atoms with Gasteiger partial charge in [0.1, 0.15) is 6.33 Å². The minimum absolute atomic E-state index is 0.132. The van der Waals surface area contributed by atoms with Crippen LogP contribution >= 0.6 is 11.8 Å². The van der Waals surface area contributed by atoms with Crippen molar-refractivity contribution in [3.63, 3.8) is 0 Å². The van der Waals surface area contributed by atoms with Crippen LogP contribution in [0, 0.1) is 0 Å². The van der Waals surface area contributed by atoms with Gasteiger partial charge in [-0.3, -0.25) is 4.79 Å². The highest BCUT2D eigenvalue weighted by Crippen LogP contribution is 2.29. The molecule has 3 aromatic rings. The second kappa shape index (κ2) is 7.33. The first-order chi connectivity index (χ1) is 12.7. The van der Waals surface area contributed by atoms with E-state index in [2.05, 4.69) is 15.3 Å². The zero-order chi connectivity index (χ0) is 17.9. The summed E-state index contributed by atoms with van der Waals surface area (Å²) in [6.45, 7) is 0.593. The van der Waals surface area contributed by atoms with Gasteiger partial charge in [-0.15, -0.1) is 10.2 Å². The maximum Gasteiger partial charge on any atom is 0.233 e. The van der Waals surface area contributed by atoms with E-state index < -0.39 is 0 Å². The van der Waals surface area contributed by atoms with Crippen LogP contribution in [0.3, 0.4) is 0 Å². The topological polar surface area (TPSA) is 68.8 Å². The molecule has 1 aromatic carbocycles. The third-order valence-electron chi connectivity index (χ3n) is 4.31.